The van der Waals surface area contributed by atoms with Crippen molar-refractivity contribution in [1.29, 1.82) is 0 Å². The molecule has 0 radical (unpaired) electrons. The molecule has 1 amide bonds. The third-order valence-electron chi connectivity index (χ3n) is 5.41. The Morgan fingerprint density at radius 1 is 1.10 bits per heavy atom. The van der Waals surface area contributed by atoms with Crippen LogP contribution >= 0.6 is 0 Å². The molecule has 3 aromatic rings. The third-order valence-corrected chi connectivity index (χ3v) is 5.41. The van der Waals surface area contributed by atoms with Crippen LogP contribution in [0.5, 0.6) is 11.5 Å². The van der Waals surface area contributed by atoms with E-state index >= 15 is 0 Å². The molecule has 0 saturated carbocycles. The largest absolute Gasteiger partial charge is 0.493 e. The molecule has 0 unspecified atom stereocenters. The van der Waals surface area contributed by atoms with Gasteiger partial charge in [-0.3, -0.25) is 14.5 Å². The van der Waals surface area contributed by atoms with Crippen molar-refractivity contribution in [1.82, 2.24) is 19.8 Å². The number of benzene rings is 2. The van der Waals surface area contributed by atoms with Gasteiger partial charge in [0.05, 0.1) is 31.2 Å². The summed E-state index contributed by atoms with van der Waals surface area (Å²) in [5.41, 5.74) is 1.15. The fourth-order valence-corrected chi connectivity index (χ4v) is 3.79. The number of aromatic amines is 1. The maximum atomic E-state index is 13.0. The van der Waals surface area contributed by atoms with Crippen LogP contribution in [0.3, 0.4) is 0 Å². The van der Waals surface area contributed by atoms with Crippen molar-refractivity contribution >= 4 is 16.8 Å². The Bertz CT molecular complexity index is 1140. The molecule has 2 aromatic carbocycles. The number of fused-ring (bicyclic) bond motifs is 1. The van der Waals surface area contributed by atoms with Crippen LogP contribution in [0.2, 0.25) is 0 Å². The van der Waals surface area contributed by atoms with E-state index in [1.165, 1.54) is 0 Å². The van der Waals surface area contributed by atoms with Crippen molar-refractivity contribution in [2.75, 3.05) is 39.9 Å². The fourth-order valence-electron chi connectivity index (χ4n) is 3.79. The zero-order valence-corrected chi connectivity index (χ0v) is 17.8. The molecule has 2 heterocycles. The van der Waals surface area contributed by atoms with Gasteiger partial charge in [0.2, 0.25) is 0 Å². The third kappa shape index (κ3) is 4.54. The Kier molecular flexibility index (Phi) is 6.18. The van der Waals surface area contributed by atoms with Crippen molar-refractivity contribution in [2.45, 2.75) is 13.5 Å². The van der Waals surface area contributed by atoms with Crippen molar-refractivity contribution in [3.63, 3.8) is 0 Å². The van der Waals surface area contributed by atoms with Crippen LogP contribution in [0, 0.1) is 0 Å². The molecule has 0 spiro atoms. The molecule has 0 bridgehead atoms. The summed E-state index contributed by atoms with van der Waals surface area (Å²) < 4.78 is 10.9. The van der Waals surface area contributed by atoms with Crippen LogP contribution < -0.4 is 15.0 Å². The minimum atomic E-state index is -0.126. The number of piperazine rings is 1. The molecule has 8 heteroatoms. The van der Waals surface area contributed by atoms with E-state index in [9.17, 15) is 9.59 Å². The molecule has 162 valence electrons. The number of H-pyrrole nitrogens is 1. The van der Waals surface area contributed by atoms with Gasteiger partial charge in [0, 0.05) is 31.7 Å². The highest BCUT2D eigenvalue weighted by Crippen LogP contribution is 2.28. The van der Waals surface area contributed by atoms with Gasteiger partial charge in [-0.15, -0.1) is 0 Å². The van der Waals surface area contributed by atoms with Gasteiger partial charge in [-0.05, 0) is 37.3 Å². The number of methoxy groups -OCH3 is 1. The van der Waals surface area contributed by atoms with Crippen LogP contribution in [0.1, 0.15) is 23.1 Å². The number of hydrogen-bond acceptors (Lipinski definition) is 6. The minimum absolute atomic E-state index is 0.0273. The fraction of sp³-hybridized carbons (Fsp3) is 0.348. The lowest BCUT2D eigenvalue weighted by Gasteiger charge is -2.34. The summed E-state index contributed by atoms with van der Waals surface area (Å²) in [4.78, 5) is 36.7. The second-order valence-corrected chi connectivity index (χ2v) is 7.40. The number of hydrogen-bond donors (Lipinski definition) is 1. The lowest BCUT2D eigenvalue weighted by atomic mass is 10.1. The van der Waals surface area contributed by atoms with Crippen LogP contribution in [0.4, 0.5) is 0 Å². The molecule has 1 saturated heterocycles. The number of ether oxygens (including phenoxy) is 2. The second-order valence-electron chi connectivity index (χ2n) is 7.40. The number of amides is 1. The Hall–Kier alpha value is -3.39. The molecule has 1 aliphatic heterocycles. The summed E-state index contributed by atoms with van der Waals surface area (Å²) >= 11 is 0. The van der Waals surface area contributed by atoms with Gasteiger partial charge in [0.25, 0.3) is 11.5 Å². The molecule has 31 heavy (non-hydrogen) atoms. The maximum Gasteiger partial charge on any atom is 0.258 e. The zero-order chi connectivity index (χ0) is 21.8. The highest BCUT2D eigenvalue weighted by atomic mass is 16.5. The summed E-state index contributed by atoms with van der Waals surface area (Å²) in [6.07, 6.45) is 0. The van der Waals surface area contributed by atoms with Crippen LogP contribution in [0.25, 0.3) is 10.9 Å². The molecule has 1 fully saturated rings. The predicted octanol–water partition coefficient (Wildman–Crippen LogP) is 2.29. The lowest BCUT2D eigenvalue weighted by molar-refractivity contribution is 0.0625. The lowest BCUT2D eigenvalue weighted by Crippen LogP contribution is -2.48. The van der Waals surface area contributed by atoms with Gasteiger partial charge >= 0.3 is 0 Å². The minimum Gasteiger partial charge on any atom is -0.493 e. The predicted molar refractivity (Wildman–Crippen MR) is 118 cm³/mol. The van der Waals surface area contributed by atoms with Gasteiger partial charge in [-0.25, -0.2) is 4.98 Å². The Morgan fingerprint density at radius 2 is 1.87 bits per heavy atom. The Balaban J connectivity index is 1.40. The first-order chi connectivity index (χ1) is 15.1. The average molecular weight is 422 g/mol. The number of carbonyl (C=O) groups excluding carboxylic acids is 1. The summed E-state index contributed by atoms with van der Waals surface area (Å²) in [7, 11) is 1.58. The van der Waals surface area contributed by atoms with E-state index in [1.54, 1.807) is 31.4 Å². The smallest absolute Gasteiger partial charge is 0.258 e. The first kappa shape index (κ1) is 20.9. The van der Waals surface area contributed by atoms with Crippen LogP contribution in [-0.2, 0) is 6.54 Å². The van der Waals surface area contributed by atoms with Gasteiger partial charge < -0.3 is 19.4 Å². The summed E-state index contributed by atoms with van der Waals surface area (Å²) in [6, 6.07) is 12.6. The average Bonchev–Trinajstić information content (AvgIpc) is 2.79. The number of carbonyl (C=O) groups is 1. The van der Waals surface area contributed by atoms with E-state index in [0.29, 0.717) is 73.1 Å². The van der Waals surface area contributed by atoms with Crippen LogP contribution in [-0.4, -0.2) is 65.6 Å². The number of nitrogens with zero attached hydrogens (tertiary/aromatic N) is 3. The molecule has 1 aliphatic rings. The number of rotatable bonds is 6. The molecule has 1 aromatic heterocycles. The van der Waals surface area contributed by atoms with Crippen molar-refractivity contribution in [2.24, 2.45) is 0 Å². The van der Waals surface area contributed by atoms with Gasteiger partial charge in [-0.2, -0.15) is 0 Å². The topological polar surface area (TPSA) is 87.8 Å². The Labute approximate surface area is 180 Å². The molecule has 0 atom stereocenters. The van der Waals surface area contributed by atoms with Crippen LogP contribution in [0.15, 0.2) is 47.3 Å². The number of nitrogens with one attached hydrogen (secondary N) is 1. The molecule has 1 N–H and O–H groups in total. The highest BCUT2D eigenvalue weighted by molar-refractivity contribution is 5.95. The van der Waals surface area contributed by atoms with Gasteiger partial charge in [0.1, 0.15) is 5.82 Å². The van der Waals surface area contributed by atoms with Gasteiger partial charge in [0.15, 0.2) is 11.5 Å². The van der Waals surface area contributed by atoms with Crippen molar-refractivity contribution in [3.05, 3.63) is 64.2 Å². The molecule has 8 nitrogen and oxygen atoms in total. The molecule has 0 aliphatic carbocycles. The van der Waals surface area contributed by atoms with E-state index in [0.717, 1.165) is 0 Å². The molecular formula is C23H26N4O4. The van der Waals surface area contributed by atoms with E-state index in [2.05, 4.69) is 14.9 Å². The van der Waals surface area contributed by atoms with Crippen molar-refractivity contribution in [3.8, 4) is 11.5 Å². The van der Waals surface area contributed by atoms with E-state index in [-0.39, 0.29) is 11.5 Å². The van der Waals surface area contributed by atoms with Crippen molar-refractivity contribution < 1.29 is 14.3 Å². The summed E-state index contributed by atoms with van der Waals surface area (Å²) in [5, 5.41) is 0.590. The van der Waals surface area contributed by atoms with Gasteiger partial charge in [-0.1, -0.05) is 12.1 Å². The normalized spacial score (nSPS) is 14.6. The highest BCUT2D eigenvalue weighted by Gasteiger charge is 2.23. The zero-order valence-electron chi connectivity index (χ0n) is 17.8. The Morgan fingerprint density at radius 3 is 2.61 bits per heavy atom. The van der Waals surface area contributed by atoms with E-state index < -0.39 is 0 Å². The monoisotopic (exact) mass is 422 g/mol. The second kappa shape index (κ2) is 9.18. The summed E-state index contributed by atoms with van der Waals surface area (Å²) in [6.45, 7) is 5.55. The number of para-hydroxylation sites is 1. The number of aromatic nitrogens is 2. The standard InChI is InChI=1S/C23H26N4O4/c1-3-31-20-14-16(8-9-19(20)30-2)23(29)27-12-10-26(11-13-27)15-21-24-18-7-5-4-6-17(18)22(28)25-21/h4-9,14H,3,10-13,15H2,1-2H3,(H,24,25,28). The SMILES string of the molecule is CCOc1cc(C(=O)N2CCN(Cc3nc4ccccc4c(=O)[nH]3)CC2)ccc1OC. The molecule has 4 rings (SSSR count). The molecular weight excluding hydrogens is 396 g/mol. The first-order valence-electron chi connectivity index (χ1n) is 10.4. The summed E-state index contributed by atoms with van der Waals surface area (Å²) in [5.74, 6) is 1.79. The van der Waals surface area contributed by atoms with E-state index in [4.69, 9.17) is 9.47 Å². The van der Waals surface area contributed by atoms with E-state index in [1.807, 2.05) is 30.0 Å². The first-order valence-corrected chi connectivity index (χ1v) is 10.4. The quantitative estimate of drug-likeness (QED) is 0.656. The maximum absolute atomic E-state index is 13.0.